The summed E-state index contributed by atoms with van der Waals surface area (Å²) in [5.41, 5.74) is -0.186. The molecular formula is C14H24N2. The molecule has 2 aliphatic carbocycles. The molecule has 0 spiro atoms. The van der Waals surface area contributed by atoms with Gasteiger partial charge in [-0.1, -0.05) is 32.6 Å². The van der Waals surface area contributed by atoms with Crippen LogP contribution in [0.4, 0.5) is 0 Å². The SMILES string of the molecule is CC1CCC(C#N)(NC2CCCCCC2)C1. The summed E-state index contributed by atoms with van der Waals surface area (Å²) < 4.78 is 0. The Labute approximate surface area is 99.4 Å². The fraction of sp³-hybridized carbons (Fsp3) is 0.929. The summed E-state index contributed by atoms with van der Waals surface area (Å²) >= 11 is 0. The van der Waals surface area contributed by atoms with Crippen LogP contribution in [0.5, 0.6) is 0 Å². The molecule has 0 bridgehead atoms. The molecule has 0 heterocycles. The Hall–Kier alpha value is -0.550. The maximum Gasteiger partial charge on any atom is 0.107 e. The van der Waals surface area contributed by atoms with E-state index < -0.39 is 0 Å². The van der Waals surface area contributed by atoms with E-state index in [9.17, 15) is 5.26 Å². The Morgan fingerprint density at radius 3 is 2.31 bits per heavy atom. The van der Waals surface area contributed by atoms with Crippen molar-refractivity contribution < 1.29 is 0 Å². The van der Waals surface area contributed by atoms with Crippen LogP contribution >= 0.6 is 0 Å². The largest absolute Gasteiger partial charge is 0.297 e. The average Bonchev–Trinajstić information content (AvgIpc) is 2.51. The van der Waals surface area contributed by atoms with Crippen LogP contribution in [0.2, 0.25) is 0 Å². The van der Waals surface area contributed by atoms with Gasteiger partial charge in [0, 0.05) is 6.04 Å². The minimum absolute atomic E-state index is 0.186. The highest BCUT2D eigenvalue weighted by Gasteiger charge is 2.38. The molecule has 2 nitrogen and oxygen atoms in total. The molecule has 2 fully saturated rings. The summed E-state index contributed by atoms with van der Waals surface area (Å²) in [7, 11) is 0. The maximum atomic E-state index is 9.42. The number of nitriles is 1. The summed E-state index contributed by atoms with van der Waals surface area (Å²) in [5.74, 6) is 0.720. The number of hydrogen-bond acceptors (Lipinski definition) is 2. The van der Waals surface area contributed by atoms with E-state index in [-0.39, 0.29) is 5.54 Å². The highest BCUT2D eigenvalue weighted by molar-refractivity contribution is 5.12. The lowest BCUT2D eigenvalue weighted by Gasteiger charge is -2.28. The van der Waals surface area contributed by atoms with Crippen molar-refractivity contribution >= 4 is 0 Å². The van der Waals surface area contributed by atoms with Crippen LogP contribution < -0.4 is 5.32 Å². The lowest BCUT2D eigenvalue weighted by Crippen LogP contribution is -2.47. The maximum absolute atomic E-state index is 9.42. The van der Waals surface area contributed by atoms with Gasteiger partial charge in [0.2, 0.25) is 0 Å². The van der Waals surface area contributed by atoms with E-state index in [1.807, 2.05) is 0 Å². The molecule has 90 valence electrons. The van der Waals surface area contributed by atoms with Crippen LogP contribution in [0, 0.1) is 17.2 Å². The molecule has 0 radical (unpaired) electrons. The van der Waals surface area contributed by atoms with Crippen LogP contribution in [-0.4, -0.2) is 11.6 Å². The molecular weight excluding hydrogens is 196 g/mol. The van der Waals surface area contributed by atoms with Gasteiger partial charge < -0.3 is 0 Å². The first-order chi connectivity index (χ1) is 7.74. The zero-order chi connectivity index (χ0) is 11.4. The van der Waals surface area contributed by atoms with E-state index in [2.05, 4.69) is 18.3 Å². The number of rotatable bonds is 2. The van der Waals surface area contributed by atoms with Crippen molar-refractivity contribution in [3.05, 3.63) is 0 Å². The van der Waals surface area contributed by atoms with E-state index in [0.29, 0.717) is 6.04 Å². The van der Waals surface area contributed by atoms with Gasteiger partial charge in [0.25, 0.3) is 0 Å². The van der Waals surface area contributed by atoms with Gasteiger partial charge in [-0.15, -0.1) is 0 Å². The third-order valence-electron chi connectivity index (χ3n) is 4.31. The van der Waals surface area contributed by atoms with Crippen molar-refractivity contribution in [3.8, 4) is 6.07 Å². The normalized spacial score (nSPS) is 36.9. The molecule has 0 saturated heterocycles. The first-order valence-corrected chi connectivity index (χ1v) is 6.93. The van der Waals surface area contributed by atoms with Crippen molar-refractivity contribution in [2.45, 2.75) is 76.3 Å². The Kier molecular flexibility index (Phi) is 3.86. The quantitative estimate of drug-likeness (QED) is 0.724. The summed E-state index contributed by atoms with van der Waals surface area (Å²) in [6.07, 6.45) is 11.3. The fourth-order valence-electron chi connectivity index (χ4n) is 3.37. The minimum atomic E-state index is -0.186. The Morgan fingerprint density at radius 2 is 1.81 bits per heavy atom. The van der Waals surface area contributed by atoms with E-state index >= 15 is 0 Å². The van der Waals surface area contributed by atoms with Gasteiger partial charge in [-0.25, -0.2) is 0 Å². The zero-order valence-electron chi connectivity index (χ0n) is 10.5. The van der Waals surface area contributed by atoms with E-state index in [1.165, 1.54) is 44.9 Å². The summed E-state index contributed by atoms with van der Waals surface area (Å²) in [6, 6.07) is 3.17. The van der Waals surface area contributed by atoms with Crippen LogP contribution in [0.1, 0.15) is 64.7 Å². The molecule has 0 aromatic heterocycles. The van der Waals surface area contributed by atoms with E-state index in [0.717, 1.165) is 18.8 Å². The smallest absolute Gasteiger partial charge is 0.107 e. The molecule has 0 aromatic rings. The van der Waals surface area contributed by atoms with E-state index in [1.54, 1.807) is 0 Å². The molecule has 1 N–H and O–H groups in total. The first-order valence-electron chi connectivity index (χ1n) is 6.93. The Bertz CT molecular complexity index is 260. The highest BCUT2D eigenvalue weighted by atomic mass is 15.0. The van der Waals surface area contributed by atoms with Crippen LogP contribution in [-0.2, 0) is 0 Å². The van der Waals surface area contributed by atoms with Gasteiger partial charge in [-0.2, -0.15) is 5.26 Å². The first kappa shape index (κ1) is 11.9. The number of hydrogen-bond donors (Lipinski definition) is 1. The predicted molar refractivity (Wildman–Crippen MR) is 66.0 cm³/mol. The van der Waals surface area contributed by atoms with Crippen molar-refractivity contribution in [1.29, 1.82) is 5.26 Å². The molecule has 2 heteroatoms. The lowest BCUT2D eigenvalue weighted by atomic mass is 9.95. The van der Waals surface area contributed by atoms with Gasteiger partial charge in [0.1, 0.15) is 5.54 Å². The monoisotopic (exact) mass is 220 g/mol. The second kappa shape index (κ2) is 5.19. The third kappa shape index (κ3) is 2.77. The van der Waals surface area contributed by atoms with Gasteiger partial charge in [-0.3, -0.25) is 5.32 Å². The van der Waals surface area contributed by atoms with Crippen LogP contribution in [0.25, 0.3) is 0 Å². The van der Waals surface area contributed by atoms with Crippen LogP contribution in [0.15, 0.2) is 0 Å². The second-order valence-electron chi connectivity index (χ2n) is 5.87. The molecule has 0 aromatic carbocycles. The molecule has 16 heavy (non-hydrogen) atoms. The van der Waals surface area contributed by atoms with Crippen molar-refractivity contribution in [2.24, 2.45) is 5.92 Å². The zero-order valence-corrected chi connectivity index (χ0v) is 10.5. The minimum Gasteiger partial charge on any atom is -0.297 e. The number of nitrogens with zero attached hydrogens (tertiary/aromatic N) is 1. The molecule has 2 unspecified atom stereocenters. The average molecular weight is 220 g/mol. The summed E-state index contributed by atoms with van der Waals surface area (Å²) in [6.45, 7) is 2.27. The molecule has 2 atom stereocenters. The fourth-order valence-corrected chi connectivity index (χ4v) is 3.37. The Morgan fingerprint density at radius 1 is 1.12 bits per heavy atom. The molecule has 2 aliphatic rings. The molecule has 0 amide bonds. The van der Waals surface area contributed by atoms with Gasteiger partial charge in [0.05, 0.1) is 6.07 Å². The van der Waals surface area contributed by atoms with Crippen LogP contribution in [0.3, 0.4) is 0 Å². The van der Waals surface area contributed by atoms with Gasteiger partial charge in [0.15, 0.2) is 0 Å². The Balaban J connectivity index is 1.93. The van der Waals surface area contributed by atoms with Gasteiger partial charge in [-0.05, 0) is 38.0 Å². The molecule has 2 rings (SSSR count). The summed E-state index contributed by atoms with van der Waals surface area (Å²) in [4.78, 5) is 0. The van der Waals surface area contributed by atoms with E-state index in [4.69, 9.17) is 0 Å². The van der Waals surface area contributed by atoms with Crippen molar-refractivity contribution in [3.63, 3.8) is 0 Å². The molecule has 2 saturated carbocycles. The number of nitrogens with one attached hydrogen (secondary N) is 1. The van der Waals surface area contributed by atoms with Crippen molar-refractivity contribution in [2.75, 3.05) is 0 Å². The van der Waals surface area contributed by atoms with Crippen molar-refractivity contribution in [1.82, 2.24) is 5.32 Å². The standard InChI is InChI=1S/C14H24N2/c1-12-8-9-14(10-12,11-15)16-13-6-4-2-3-5-7-13/h12-13,16H,2-10H2,1H3. The predicted octanol–water partition coefficient (Wildman–Crippen LogP) is 3.38. The lowest BCUT2D eigenvalue weighted by molar-refractivity contribution is 0.329. The summed E-state index contributed by atoms with van der Waals surface area (Å²) in [5, 5.41) is 13.1. The topological polar surface area (TPSA) is 35.8 Å². The second-order valence-corrected chi connectivity index (χ2v) is 5.87. The third-order valence-corrected chi connectivity index (χ3v) is 4.31. The highest BCUT2D eigenvalue weighted by Crippen LogP contribution is 2.35. The van der Waals surface area contributed by atoms with Gasteiger partial charge >= 0.3 is 0 Å². The molecule has 0 aliphatic heterocycles.